The van der Waals surface area contributed by atoms with Crippen molar-refractivity contribution in [1.82, 2.24) is 0 Å². The van der Waals surface area contributed by atoms with E-state index in [1.54, 1.807) is 18.2 Å². The van der Waals surface area contributed by atoms with Crippen LogP contribution in [0, 0.1) is 0 Å². The molecule has 0 saturated carbocycles. The largest absolute Gasteiger partial charge is 0.394 e. The number of hydrogen-bond acceptors (Lipinski definition) is 11. The van der Waals surface area contributed by atoms with Crippen LogP contribution in [-0.2, 0) is 23.7 Å². The molecule has 11 heteroatoms. The number of ether oxygens (including phenoxy) is 5. The second-order valence-electron chi connectivity index (χ2n) is 7.99. The summed E-state index contributed by atoms with van der Waals surface area (Å²) < 4.78 is 28.0. The predicted molar refractivity (Wildman–Crippen MR) is 106 cm³/mol. The zero-order chi connectivity index (χ0) is 23.0. The van der Waals surface area contributed by atoms with Crippen molar-refractivity contribution in [2.45, 2.75) is 67.7 Å². The van der Waals surface area contributed by atoms with Gasteiger partial charge in [-0.05, 0) is 5.56 Å². The first kappa shape index (κ1) is 23.7. The van der Waals surface area contributed by atoms with Gasteiger partial charge in [0.15, 0.2) is 18.9 Å². The van der Waals surface area contributed by atoms with Crippen LogP contribution in [0.25, 0.3) is 6.08 Å². The summed E-state index contributed by atoms with van der Waals surface area (Å²) in [5.74, 6) is 0. The summed E-state index contributed by atoms with van der Waals surface area (Å²) >= 11 is 0. The molecular weight excluding hydrogens is 428 g/mol. The Balaban J connectivity index is 1.41. The van der Waals surface area contributed by atoms with Gasteiger partial charge in [0, 0.05) is 5.56 Å². The summed E-state index contributed by atoms with van der Waals surface area (Å²) in [5, 5.41) is 60.4. The second kappa shape index (κ2) is 9.79. The zero-order valence-corrected chi connectivity index (χ0v) is 17.1. The Kier molecular flexibility index (Phi) is 7.24. The lowest BCUT2D eigenvalue weighted by molar-refractivity contribution is -0.399. The summed E-state index contributed by atoms with van der Waals surface area (Å²) in [6.45, 7) is 3.09. The molecule has 3 heterocycles. The number of rotatable bonds is 5. The maximum atomic E-state index is 10.6. The van der Waals surface area contributed by atoms with Crippen molar-refractivity contribution in [2.24, 2.45) is 0 Å². The van der Waals surface area contributed by atoms with E-state index >= 15 is 0 Å². The van der Waals surface area contributed by atoms with Crippen molar-refractivity contribution in [2.75, 3.05) is 13.2 Å². The van der Waals surface area contributed by atoms with Crippen LogP contribution in [0.1, 0.15) is 17.4 Å². The van der Waals surface area contributed by atoms with Crippen LogP contribution in [0.15, 0.2) is 30.8 Å². The number of fused-ring (bicyclic) bond motifs is 1. The highest BCUT2D eigenvalue weighted by Crippen LogP contribution is 2.35. The third kappa shape index (κ3) is 4.47. The molecule has 11 atom stereocenters. The number of hydrogen-bond donors (Lipinski definition) is 6. The molecule has 0 spiro atoms. The lowest BCUT2D eigenvalue weighted by Crippen LogP contribution is -2.65. The standard InChI is InChI=1S/C21H28O11/c1-2-9-3-5-10(6-4-9)19-28-8-12-18(31-19)15(25)17(27)21(30-12)32-20-16(26)14(24)13(23)11(7-22)29-20/h2-6,11-27H,1,7-8H2/t11-,12-,13-,14+,15-,16-,17-,18-,19?,20-,21-/m1/s1. The van der Waals surface area contributed by atoms with E-state index in [4.69, 9.17) is 23.7 Å². The van der Waals surface area contributed by atoms with Crippen molar-refractivity contribution in [3.8, 4) is 0 Å². The zero-order valence-electron chi connectivity index (χ0n) is 17.1. The van der Waals surface area contributed by atoms with Crippen molar-refractivity contribution in [3.05, 3.63) is 42.0 Å². The van der Waals surface area contributed by atoms with Gasteiger partial charge in [-0.2, -0.15) is 0 Å². The third-order valence-corrected chi connectivity index (χ3v) is 5.89. The summed E-state index contributed by atoms with van der Waals surface area (Å²) in [5.41, 5.74) is 1.64. The Morgan fingerprint density at radius 3 is 2.19 bits per heavy atom. The first-order valence-corrected chi connectivity index (χ1v) is 10.3. The molecule has 1 aromatic rings. The molecular formula is C21H28O11. The van der Waals surface area contributed by atoms with Gasteiger partial charge in [-0.25, -0.2) is 0 Å². The van der Waals surface area contributed by atoms with Crippen molar-refractivity contribution in [1.29, 1.82) is 0 Å². The van der Waals surface area contributed by atoms with Gasteiger partial charge >= 0.3 is 0 Å². The Morgan fingerprint density at radius 1 is 0.875 bits per heavy atom. The van der Waals surface area contributed by atoms with E-state index < -0.39 is 74.3 Å². The fourth-order valence-corrected chi connectivity index (χ4v) is 3.96. The minimum atomic E-state index is -1.68. The topological polar surface area (TPSA) is 168 Å². The molecule has 1 aromatic carbocycles. The molecule has 11 nitrogen and oxygen atoms in total. The molecule has 4 rings (SSSR count). The van der Waals surface area contributed by atoms with Crippen LogP contribution in [-0.4, -0.2) is 105 Å². The minimum Gasteiger partial charge on any atom is -0.394 e. The molecule has 0 aromatic heterocycles. The first-order chi connectivity index (χ1) is 15.3. The predicted octanol–water partition coefficient (Wildman–Crippen LogP) is -1.99. The quantitative estimate of drug-likeness (QED) is 0.290. The molecule has 6 N–H and O–H groups in total. The van der Waals surface area contributed by atoms with E-state index in [1.807, 2.05) is 12.1 Å². The lowest BCUT2D eigenvalue weighted by Gasteiger charge is -2.48. The highest BCUT2D eigenvalue weighted by Gasteiger charge is 2.52. The van der Waals surface area contributed by atoms with E-state index in [0.717, 1.165) is 11.1 Å². The van der Waals surface area contributed by atoms with Gasteiger partial charge in [-0.15, -0.1) is 0 Å². The van der Waals surface area contributed by atoms with E-state index in [9.17, 15) is 30.6 Å². The summed E-state index contributed by atoms with van der Waals surface area (Å²) in [7, 11) is 0. The van der Waals surface area contributed by atoms with Crippen molar-refractivity contribution < 1.29 is 54.3 Å². The van der Waals surface area contributed by atoms with Gasteiger partial charge in [0.05, 0.1) is 13.2 Å². The molecule has 3 saturated heterocycles. The Morgan fingerprint density at radius 2 is 1.53 bits per heavy atom. The molecule has 0 bridgehead atoms. The molecule has 3 fully saturated rings. The number of aliphatic hydroxyl groups excluding tert-OH is 6. The first-order valence-electron chi connectivity index (χ1n) is 10.3. The van der Waals surface area contributed by atoms with Gasteiger partial charge < -0.3 is 54.3 Å². The monoisotopic (exact) mass is 456 g/mol. The van der Waals surface area contributed by atoms with Gasteiger partial charge in [0.2, 0.25) is 0 Å². The average molecular weight is 456 g/mol. The third-order valence-electron chi connectivity index (χ3n) is 5.89. The Hall–Kier alpha value is -1.48. The highest BCUT2D eigenvalue weighted by molar-refractivity contribution is 5.47. The minimum absolute atomic E-state index is 0.0247. The van der Waals surface area contributed by atoms with Gasteiger partial charge in [0.25, 0.3) is 0 Å². The van der Waals surface area contributed by atoms with Gasteiger partial charge in [-0.1, -0.05) is 36.9 Å². The fourth-order valence-electron chi connectivity index (χ4n) is 3.96. The van der Waals surface area contributed by atoms with Crippen molar-refractivity contribution in [3.63, 3.8) is 0 Å². The van der Waals surface area contributed by atoms with E-state index in [1.165, 1.54) is 0 Å². The molecule has 0 radical (unpaired) electrons. The maximum absolute atomic E-state index is 10.6. The average Bonchev–Trinajstić information content (AvgIpc) is 2.82. The van der Waals surface area contributed by atoms with Crippen LogP contribution >= 0.6 is 0 Å². The van der Waals surface area contributed by atoms with E-state index in [-0.39, 0.29) is 6.61 Å². The number of aliphatic hydroxyl groups is 6. The van der Waals surface area contributed by atoms with E-state index in [0.29, 0.717) is 0 Å². The molecule has 3 aliphatic rings. The molecule has 1 unspecified atom stereocenters. The summed E-state index contributed by atoms with van der Waals surface area (Å²) in [6.07, 6.45) is -12.8. The second-order valence-corrected chi connectivity index (χ2v) is 7.99. The van der Waals surface area contributed by atoms with Crippen LogP contribution < -0.4 is 0 Å². The lowest BCUT2D eigenvalue weighted by atomic mass is 9.97. The normalized spacial score (nSPS) is 44.6. The van der Waals surface area contributed by atoms with Gasteiger partial charge in [0.1, 0.15) is 48.8 Å². The summed E-state index contributed by atoms with van der Waals surface area (Å²) in [6, 6.07) is 7.29. The van der Waals surface area contributed by atoms with Crippen LogP contribution in [0.5, 0.6) is 0 Å². The molecule has 3 aliphatic heterocycles. The van der Waals surface area contributed by atoms with Crippen molar-refractivity contribution >= 4 is 6.08 Å². The molecule has 178 valence electrons. The summed E-state index contributed by atoms with van der Waals surface area (Å²) in [4.78, 5) is 0. The molecule has 0 amide bonds. The van der Waals surface area contributed by atoms with Crippen LogP contribution in [0.4, 0.5) is 0 Å². The molecule has 0 aliphatic carbocycles. The number of benzene rings is 1. The van der Waals surface area contributed by atoms with E-state index in [2.05, 4.69) is 6.58 Å². The van der Waals surface area contributed by atoms with Crippen LogP contribution in [0.2, 0.25) is 0 Å². The Bertz CT molecular complexity index is 770. The maximum Gasteiger partial charge on any atom is 0.189 e. The van der Waals surface area contributed by atoms with Gasteiger partial charge in [-0.3, -0.25) is 0 Å². The molecule has 32 heavy (non-hydrogen) atoms. The fraction of sp³-hybridized carbons (Fsp3) is 0.619. The Labute approximate surface area is 184 Å². The van der Waals surface area contributed by atoms with Crippen LogP contribution in [0.3, 0.4) is 0 Å². The smallest absolute Gasteiger partial charge is 0.189 e. The highest BCUT2D eigenvalue weighted by atomic mass is 16.8. The SMILES string of the molecule is C=Cc1ccc(C2OC[C@H]3O[C@H](O[C@H]4O[C@H](CO)[C@@H](O)[C@H](O)[C@H]4O)[C@H](O)[C@@H](O)[C@@H]3O2)cc1.